The van der Waals surface area contributed by atoms with E-state index >= 15 is 0 Å². The molecule has 1 aromatic carbocycles. The molecule has 0 amide bonds. The van der Waals surface area contributed by atoms with E-state index in [2.05, 4.69) is 23.0 Å². The molecule has 1 fully saturated rings. The molecule has 2 nitrogen and oxygen atoms in total. The van der Waals surface area contributed by atoms with Crippen LogP contribution < -0.4 is 0 Å². The van der Waals surface area contributed by atoms with Gasteiger partial charge in [-0.25, -0.2) is 0 Å². The van der Waals surface area contributed by atoms with Crippen LogP contribution in [0.3, 0.4) is 0 Å². The first-order chi connectivity index (χ1) is 8.31. The third kappa shape index (κ3) is 4.03. The largest absolute Gasteiger partial charge is 0.396 e. The third-order valence-electron chi connectivity index (χ3n) is 3.49. The van der Waals surface area contributed by atoms with Crippen molar-refractivity contribution in [1.29, 1.82) is 0 Å². The minimum Gasteiger partial charge on any atom is -0.396 e. The highest BCUT2D eigenvalue weighted by Gasteiger charge is 2.18. The van der Waals surface area contributed by atoms with Gasteiger partial charge in [-0.05, 0) is 49.5 Å². The minimum atomic E-state index is 0. The summed E-state index contributed by atoms with van der Waals surface area (Å²) < 4.78 is 0. The molecule has 0 saturated carbocycles. The van der Waals surface area contributed by atoms with E-state index in [1.807, 2.05) is 12.1 Å². The Labute approximate surface area is 115 Å². The van der Waals surface area contributed by atoms with E-state index in [1.165, 1.54) is 5.56 Å². The van der Waals surface area contributed by atoms with Gasteiger partial charge >= 0.3 is 0 Å². The molecule has 1 aliphatic heterocycles. The molecule has 0 bridgehead atoms. The van der Waals surface area contributed by atoms with Gasteiger partial charge in [0.2, 0.25) is 0 Å². The molecule has 1 aliphatic rings. The average Bonchev–Trinajstić information content (AvgIpc) is 2.40. The van der Waals surface area contributed by atoms with Crippen molar-refractivity contribution >= 4 is 12.4 Å². The van der Waals surface area contributed by atoms with E-state index in [-0.39, 0.29) is 12.4 Å². The van der Waals surface area contributed by atoms with Gasteiger partial charge in [0.15, 0.2) is 0 Å². The second-order valence-corrected chi connectivity index (χ2v) is 4.74. The van der Waals surface area contributed by atoms with Crippen LogP contribution in [0.1, 0.15) is 24.0 Å². The zero-order chi connectivity index (χ0) is 12.1. The van der Waals surface area contributed by atoms with Gasteiger partial charge in [0.05, 0.1) is 0 Å². The monoisotopic (exact) mass is 265 g/mol. The quantitative estimate of drug-likeness (QED) is 0.848. The first kappa shape index (κ1) is 15.0. The van der Waals surface area contributed by atoms with Crippen LogP contribution in [0.15, 0.2) is 24.3 Å². The summed E-state index contributed by atoms with van der Waals surface area (Å²) in [4.78, 5) is 2.44. The summed E-state index contributed by atoms with van der Waals surface area (Å²) in [6.45, 7) is 3.50. The Morgan fingerprint density at radius 1 is 1.22 bits per heavy atom. The molecule has 1 N–H and O–H groups in total. The molecule has 0 spiro atoms. The van der Waals surface area contributed by atoms with Gasteiger partial charge in [-0.3, -0.25) is 4.90 Å². The Morgan fingerprint density at radius 3 is 2.33 bits per heavy atom. The Morgan fingerprint density at radius 2 is 1.83 bits per heavy atom. The molecule has 98 valence electrons. The van der Waals surface area contributed by atoms with Crippen molar-refractivity contribution in [2.75, 3.05) is 19.7 Å². The molecular weight excluding hydrogens is 246 g/mol. The highest BCUT2D eigenvalue weighted by molar-refractivity contribution is 5.85. The van der Waals surface area contributed by atoms with Gasteiger partial charge < -0.3 is 5.11 Å². The van der Waals surface area contributed by atoms with Gasteiger partial charge in [0.1, 0.15) is 0 Å². The van der Waals surface area contributed by atoms with Crippen LogP contribution >= 0.6 is 12.4 Å². The molecule has 1 aromatic rings. The second kappa shape index (κ2) is 7.43. The molecule has 3 heteroatoms. The summed E-state index contributed by atoms with van der Waals surface area (Å²) >= 11 is 0. The Kier molecular flexibility index (Phi) is 6.21. The molecule has 0 radical (unpaired) electrons. The Bertz CT molecular complexity index is 388. The predicted molar refractivity (Wildman–Crippen MR) is 76.7 cm³/mol. The summed E-state index contributed by atoms with van der Waals surface area (Å²) in [5, 5.41) is 9.09. The molecule has 0 atom stereocenters. The van der Waals surface area contributed by atoms with E-state index in [9.17, 15) is 0 Å². The highest BCUT2D eigenvalue weighted by atomic mass is 35.5. The minimum absolute atomic E-state index is 0. The van der Waals surface area contributed by atoms with Crippen molar-refractivity contribution in [3.63, 3.8) is 0 Å². The summed E-state index contributed by atoms with van der Waals surface area (Å²) in [5.74, 6) is 3.14. The lowest BCUT2D eigenvalue weighted by atomic mass is 9.97. The first-order valence-corrected chi connectivity index (χ1v) is 6.20. The van der Waals surface area contributed by atoms with E-state index in [4.69, 9.17) is 11.5 Å². The van der Waals surface area contributed by atoms with E-state index in [0.717, 1.165) is 38.0 Å². The maximum atomic E-state index is 9.09. The number of rotatable bonds is 3. The maximum Gasteiger partial charge on any atom is 0.0460 e. The molecule has 0 aromatic heterocycles. The van der Waals surface area contributed by atoms with Gasteiger partial charge in [0, 0.05) is 18.7 Å². The fourth-order valence-electron chi connectivity index (χ4n) is 2.29. The zero-order valence-electron chi connectivity index (χ0n) is 10.5. The molecule has 1 heterocycles. The summed E-state index contributed by atoms with van der Waals surface area (Å²) in [6, 6.07) is 8.20. The number of nitrogens with zero attached hydrogens (tertiary/aromatic N) is 1. The van der Waals surface area contributed by atoms with Crippen molar-refractivity contribution in [3.05, 3.63) is 35.4 Å². The SMILES string of the molecule is C#Cc1ccc(CN2CCC(CO)CC2)cc1.Cl. The van der Waals surface area contributed by atoms with Crippen LogP contribution in [0.25, 0.3) is 0 Å². The fourth-order valence-corrected chi connectivity index (χ4v) is 2.29. The number of halogens is 1. The lowest BCUT2D eigenvalue weighted by Crippen LogP contribution is -2.34. The van der Waals surface area contributed by atoms with Gasteiger partial charge in [0.25, 0.3) is 0 Å². The first-order valence-electron chi connectivity index (χ1n) is 6.20. The molecule has 18 heavy (non-hydrogen) atoms. The third-order valence-corrected chi connectivity index (χ3v) is 3.49. The number of hydrogen-bond donors (Lipinski definition) is 1. The van der Waals surface area contributed by atoms with Crippen LogP contribution in [-0.2, 0) is 6.54 Å². The number of benzene rings is 1. The number of likely N-dealkylation sites (tertiary alicyclic amines) is 1. The summed E-state index contributed by atoms with van der Waals surface area (Å²) in [5.41, 5.74) is 2.25. The second-order valence-electron chi connectivity index (χ2n) is 4.74. The Balaban J connectivity index is 0.00000162. The van der Waals surface area contributed by atoms with Gasteiger partial charge in [-0.1, -0.05) is 18.1 Å². The van der Waals surface area contributed by atoms with E-state index in [1.54, 1.807) is 0 Å². The summed E-state index contributed by atoms with van der Waals surface area (Å²) in [6.07, 6.45) is 7.55. The van der Waals surface area contributed by atoms with Crippen LogP contribution in [0.2, 0.25) is 0 Å². The molecule has 1 saturated heterocycles. The van der Waals surface area contributed by atoms with E-state index < -0.39 is 0 Å². The molecular formula is C15H20ClNO. The van der Waals surface area contributed by atoms with Crippen molar-refractivity contribution < 1.29 is 5.11 Å². The molecule has 2 rings (SSSR count). The molecule has 0 aliphatic carbocycles. The lowest BCUT2D eigenvalue weighted by Gasteiger charge is -2.31. The Hall–Kier alpha value is -1.01. The lowest BCUT2D eigenvalue weighted by molar-refractivity contribution is 0.127. The van der Waals surface area contributed by atoms with Crippen LogP contribution in [0.4, 0.5) is 0 Å². The van der Waals surface area contributed by atoms with Crippen LogP contribution in [0, 0.1) is 18.3 Å². The number of aliphatic hydroxyl groups is 1. The van der Waals surface area contributed by atoms with Gasteiger partial charge in [-0.15, -0.1) is 18.8 Å². The van der Waals surface area contributed by atoms with E-state index in [0.29, 0.717) is 12.5 Å². The molecule has 0 unspecified atom stereocenters. The number of piperidine rings is 1. The topological polar surface area (TPSA) is 23.5 Å². The number of aliphatic hydroxyl groups excluding tert-OH is 1. The van der Waals surface area contributed by atoms with Crippen LogP contribution in [0.5, 0.6) is 0 Å². The van der Waals surface area contributed by atoms with Crippen molar-refractivity contribution in [1.82, 2.24) is 4.90 Å². The van der Waals surface area contributed by atoms with Crippen molar-refractivity contribution in [3.8, 4) is 12.3 Å². The summed E-state index contributed by atoms with van der Waals surface area (Å²) in [7, 11) is 0. The smallest absolute Gasteiger partial charge is 0.0460 e. The normalized spacial score (nSPS) is 16.9. The predicted octanol–water partition coefficient (Wildman–Crippen LogP) is 2.29. The highest BCUT2D eigenvalue weighted by Crippen LogP contribution is 2.18. The standard InChI is InChI=1S/C15H19NO.ClH/c1-2-13-3-5-14(6-4-13)11-16-9-7-15(12-17)8-10-16;/h1,3-6,15,17H,7-12H2;1H. The maximum absolute atomic E-state index is 9.09. The fraction of sp³-hybridized carbons (Fsp3) is 0.467. The van der Waals surface area contributed by atoms with Crippen molar-refractivity contribution in [2.45, 2.75) is 19.4 Å². The van der Waals surface area contributed by atoms with Gasteiger partial charge in [-0.2, -0.15) is 0 Å². The zero-order valence-corrected chi connectivity index (χ0v) is 11.3. The van der Waals surface area contributed by atoms with Crippen molar-refractivity contribution in [2.24, 2.45) is 5.92 Å². The average molecular weight is 266 g/mol. The number of hydrogen-bond acceptors (Lipinski definition) is 2. The van der Waals surface area contributed by atoms with Crippen LogP contribution in [-0.4, -0.2) is 29.7 Å². The number of terminal acetylenes is 1.